The lowest BCUT2D eigenvalue weighted by Gasteiger charge is -2.32. The summed E-state index contributed by atoms with van der Waals surface area (Å²) in [7, 11) is 0. The summed E-state index contributed by atoms with van der Waals surface area (Å²) in [6.45, 7) is 4.69. The topological polar surface area (TPSA) is 23.8 Å². The van der Waals surface area contributed by atoms with Crippen molar-refractivity contribution in [3.05, 3.63) is 59.4 Å². The third-order valence-electron chi connectivity index (χ3n) is 6.60. The minimum atomic E-state index is -0.452. The predicted octanol–water partition coefficient (Wildman–Crippen LogP) is 7.54. The molecule has 1 nitrogen and oxygen atoms in total. The average molecular weight is 378 g/mol. The highest BCUT2D eigenvalue weighted by Gasteiger charge is 2.25. The van der Waals surface area contributed by atoms with Crippen LogP contribution in [-0.2, 0) is 6.42 Å². The molecule has 148 valence electrons. The van der Waals surface area contributed by atoms with Gasteiger partial charge < -0.3 is 0 Å². The van der Waals surface area contributed by atoms with Gasteiger partial charge in [0.25, 0.3) is 0 Å². The maximum atomic E-state index is 13.9. The molecule has 0 heterocycles. The molecule has 3 rings (SSSR count). The van der Waals surface area contributed by atoms with Crippen molar-refractivity contribution in [1.82, 2.24) is 0 Å². The summed E-state index contributed by atoms with van der Waals surface area (Å²) in [4.78, 5) is 0. The second-order valence-corrected chi connectivity index (χ2v) is 8.61. The number of hydrogen-bond donors (Lipinski definition) is 0. The van der Waals surface area contributed by atoms with E-state index < -0.39 is 5.82 Å². The molecule has 0 bridgehead atoms. The molecule has 0 N–H and O–H groups in total. The number of rotatable bonds is 7. The summed E-state index contributed by atoms with van der Waals surface area (Å²) in [5.74, 6) is 2.08. The van der Waals surface area contributed by atoms with E-state index in [1.165, 1.54) is 56.6 Å². The molecule has 2 aromatic rings. The summed E-state index contributed by atoms with van der Waals surface area (Å²) in [5.41, 5.74) is 3.27. The molecule has 1 aliphatic carbocycles. The lowest BCUT2D eigenvalue weighted by atomic mass is 9.73. The fourth-order valence-electron chi connectivity index (χ4n) is 4.70. The number of halogens is 1. The number of nitriles is 1. The smallest absolute Gasteiger partial charge is 0.141 e. The molecule has 1 unspecified atom stereocenters. The fourth-order valence-corrected chi connectivity index (χ4v) is 4.70. The lowest BCUT2D eigenvalue weighted by molar-refractivity contribution is 0.205. The van der Waals surface area contributed by atoms with Crippen LogP contribution >= 0.6 is 0 Å². The van der Waals surface area contributed by atoms with Crippen molar-refractivity contribution >= 4 is 0 Å². The number of benzene rings is 2. The molecular weight excluding hydrogens is 345 g/mol. The highest BCUT2D eigenvalue weighted by atomic mass is 19.1. The van der Waals surface area contributed by atoms with E-state index in [9.17, 15) is 4.39 Å². The van der Waals surface area contributed by atoms with Crippen LogP contribution in [0, 0.1) is 34.9 Å². The van der Waals surface area contributed by atoms with E-state index >= 15 is 0 Å². The standard InChI is InChI=1S/C26H32FN/c1-3-4-5-20-6-10-22(11-7-20)19(2)16-21-8-12-23(13-9-21)24-14-15-25(18-28)26(27)17-24/h8-9,12-15,17,19-20,22H,3-7,10-11,16H2,1-2H3. The largest absolute Gasteiger partial charge is 0.206 e. The first-order valence-electron chi connectivity index (χ1n) is 10.9. The molecule has 28 heavy (non-hydrogen) atoms. The van der Waals surface area contributed by atoms with Crippen molar-refractivity contribution in [3.63, 3.8) is 0 Å². The van der Waals surface area contributed by atoms with Gasteiger partial charge in [0.05, 0.1) is 5.56 Å². The Morgan fingerprint density at radius 2 is 1.71 bits per heavy atom. The van der Waals surface area contributed by atoms with Gasteiger partial charge >= 0.3 is 0 Å². The molecule has 0 saturated heterocycles. The highest BCUT2D eigenvalue weighted by molar-refractivity contribution is 5.64. The molecule has 1 aliphatic rings. The summed E-state index contributed by atoms with van der Waals surface area (Å²) in [6, 6.07) is 15.2. The van der Waals surface area contributed by atoms with Crippen LogP contribution in [0.4, 0.5) is 4.39 Å². The molecular formula is C26H32FN. The molecule has 1 atom stereocenters. The molecule has 0 spiro atoms. The molecule has 2 aromatic carbocycles. The minimum absolute atomic E-state index is 0.0959. The first-order valence-corrected chi connectivity index (χ1v) is 10.9. The van der Waals surface area contributed by atoms with E-state index in [1.807, 2.05) is 12.1 Å². The Morgan fingerprint density at radius 3 is 2.32 bits per heavy atom. The van der Waals surface area contributed by atoms with Crippen molar-refractivity contribution in [1.29, 1.82) is 5.26 Å². The maximum absolute atomic E-state index is 13.9. The second-order valence-electron chi connectivity index (χ2n) is 8.61. The first kappa shape index (κ1) is 20.6. The summed E-state index contributed by atoms with van der Waals surface area (Å²) < 4.78 is 13.9. The monoisotopic (exact) mass is 377 g/mol. The molecule has 1 fully saturated rings. The van der Waals surface area contributed by atoms with Gasteiger partial charge in [0.2, 0.25) is 0 Å². The Morgan fingerprint density at radius 1 is 1.04 bits per heavy atom. The average Bonchev–Trinajstić information content (AvgIpc) is 2.73. The van der Waals surface area contributed by atoms with Crippen LogP contribution < -0.4 is 0 Å². The van der Waals surface area contributed by atoms with Gasteiger partial charge in [0.1, 0.15) is 11.9 Å². The zero-order chi connectivity index (χ0) is 19.9. The van der Waals surface area contributed by atoms with E-state index in [0.29, 0.717) is 5.92 Å². The van der Waals surface area contributed by atoms with Crippen molar-refractivity contribution in [3.8, 4) is 17.2 Å². The zero-order valence-electron chi connectivity index (χ0n) is 17.3. The number of hydrogen-bond acceptors (Lipinski definition) is 1. The van der Waals surface area contributed by atoms with Gasteiger partial charge in [-0.2, -0.15) is 5.26 Å². The van der Waals surface area contributed by atoms with Crippen LogP contribution in [0.25, 0.3) is 11.1 Å². The normalized spacial score (nSPS) is 20.5. The predicted molar refractivity (Wildman–Crippen MR) is 114 cm³/mol. The SMILES string of the molecule is CCCCC1CCC(C(C)Cc2ccc(-c3ccc(C#N)c(F)c3)cc2)CC1. The molecule has 0 radical (unpaired) electrons. The van der Waals surface area contributed by atoms with E-state index in [0.717, 1.165) is 29.4 Å². The Balaban J connectivity index is 1.56. The lowest BCUT2D eigenvalue weighted by Crippen LogP contribution is -2.21. The van der Waals surface area contributed by atoms with Crippen LogP contribution in [0.15, 0.2) is 42.5 Å². The van der Waals surface area contributed by atoms with E-state index in [-0.39, 0.29) is 5.56 Å². The molecule has 1 saturated carbocycles. The fraction of sp³-hybridized carbons (Fsp3) is 0.500. The zero-order valence-corrected chi connectivity index (χ0v) is 17.3. The second kappa shape index (κ2) is 9.87. The van der Waals surface area contributed by atoms with Crippen LogP contribution in [0.5, 0.6) is 0 Å². The van der Waals surface area contributed by atoms with E-state index in [2.05, 4.69) is 38.1 Å². The van der Waals surface area contributed by atoms with Gasteiger partial charge in [-0.05, 0) is 65.8 Å². The van der Waals surface area contributed by atoms with Crippen molar-refractivity contribution in [2.45, 2.75) is 65.2 Å². The van der Waals surface area contributed by atoms with Gasteiger partial charge in [-0.3, -0.25) is 0 Å². The van der Waals surface area contributed by atoms with Gasteiger partial charge in [-0.25, -0.2) is 4.39 Å². The minimum Gasteiger partial charge on any atom is -0.206 e. The van der Waals surface area contributed by atoms with Crippen molar-refractivity contribution < 1.29 is 4.39 Å². The Kier molecular flexibility index (Phi) is 7.26. The molecule has 0 aliphatic heterocycles. The van der Waals surface area contributed by atoms with Crippen LogP contribution in [0.1, 0.15) is 69.9 Å². The van der Waals surface area contributed by atoms with Gasteiger partial charge in [-0.1, -0.05) is 76.3 Å². The van der Waals surface area contributed by atoms with Crippen LogP contribution in [0.2, 0.25) is 0 Å². The van der Waals surface area contributed by atoms with Crippen molar-refractivity contribution in [2.24, 2.45) is 17.8 Å². The Labute approximate surface area is 169 Å². The number of nitrogens with zero attached hydrogens (tertiary/aromatic N) is 1. The van der Waals surface area contributed by atoms with Gasteiger partial charge in [0, 0.05) is 0 Å². The van der Waals surface area contributed by atoms with Crippen LogP contribution in [-0.4, -0.2) is 0 Å². The summed E-state index contributed by atoms with van der Waals surface area (Å²) in [5, 5.41) is 8.87. The molecule has 0 amide bonds. The van der Waals surface area contributed by atoms with E-state index in [4.69, 9.17) is 5.26 Å². The number of unbranched alkanes of at least 4 members (excludes halogenated alkanes) is 1. The molecule has 2 heteroatoms. The first-order chi connectivity index (χ1) is 13.6. The Bertz CT molecular complexity index is 794. The van der Waals surface area contributed by atoms with E-state index in [1.54, 1.807) is 6.07 Å². The quantitative estimate of drug-likeness (QED) is 0.489. The summed E-state index contributed by atoms with van der Waals surface area (Å²) >= 11 is 0. The van der Waals surface area contributed by atoms with Gasteiger partial charge in [-0.15, -0.1) is 0 Å². The Hall–Kier alpha value is -2.14. The third kappa shape index (κ3) is 5.22. The maximum Gasteiger partial charge on any atom is 0.141 e. The highest BCUT2D eigenvalue weighted by Crippen LogP contribution is 2.37. The molecule has 0 aromatic heterocycles. The van der Waals surface area contributed by atoms with Gasteiger partial charge in [0.15, 0.2) is 0 Å². The van der Waals surface area contributed by atoms with Crippen LogP contribution in [0.3, 0.4) is 0 Å². The summed E-state index contributed by atoms with van der Waals surface area (Å²) in [6.07, 6.45) is 10.9. The third-order valence-corrected chi connectivity index (χ3v) is 6.60. The van der Waals surface area contributed by atoms with Crippen molar-refractivity contribution in [2.75, 3.05) is 0 Å².